The molecular formula is C18H32O16. The molecule has 0 saturated carbocycles. The van der Waals surface area contributed by atoms with Crippen LogP contribution in [0.15, 0.2) is 0 Å². The molecule has 3 saturated heterocycles. The van der Waals surface area contributed by atoms with E-state index in [0.29, 0.717) is 0 Å². The molecule has 11 N–H and O–H groups in total. The highest BCUT2D eigenvalue weighted by Gasteiger charge is 2.53. The van der Waals surface area contributed by atoms with Crippen molar-refractivity contribution >= 4 is 0 Å². The highest BCUT2D eigenvalue weighted by molar-refractivity contribution is 4.96. The summed E-state index contributed by atoms with van der Waals surface area (Å²) in [7, 11) is 0. The van der Waals surface area contributed by atoms with Crippen molar-refractivity contribution in [1.29, 1.82) is 0 Å². The molecule has 0 aromatic rings. The Morgan fingerprint density at radius 3 is 1.35 bits per heavy atom. The second-order valence-electron chi connectivity index (χ2n) is 8.33. The van der Waals surface area contributed by atoms with Crippen LogP contribution in [0, 0.1) is 0 Å². The van der Waals surface area contributed by atoms with Gasteiger partial charge >= 0.3 is 0 Å². The molecule has 0 aromatic heterocycles. The van der Waals surface area contributed by atoms with Gasteiger partial charge in [0.05, 0.1) is 19.8 Å². The summed E-state index contributed by atoms with van der Waals surface area (Å²) in [5.41, 5.74) is 0. The minimum atomic E-state index is -1.91. The Morgan fingerprint density at radius 1 is 0.441 bits per heavy atom. The van der Waals surface area contributed by atoms with Crippen molar-refractivity contribution in [3.05, 3.63) is 0 Å². The average Bonchev–Trinajstić information content (AvgIpc) is 2.83. The summed E-state index contributed by atoms with van der Waals surface area (Å²) >= 11 is 0. The van der Waals surface area contributed by atoms with Crippen LogP contribution in [-0.2, 0) is 23.7 Å². The van der Waals surface area contributed by atoms with E-state index in [-0.39, 0.29) is 0 Å². The number of hydrogen-bond donors (Lipinski definition) is 11. The summed E-state index contributed by atoms with van der Waals surface area (Å²) in [4.78, 5) is 0. The van der Waals surface area contributed by atoms with Crippen molar-refractivity contribution in [2.24, 2.45) is 0 Å². The summed E-state index contributed by atoms with van der Waals surface area (Å²) in [6, 6.07) is 0. The fourth-order valence-corrected chi connectivity index (χ4v) is 4.06. The zero-order valence-electron chi connectivity index (χ0n) is 17.7. The third kappa shape index (κ3) is 5.37. The molecule has 3 aliphatic heterocycles. The zero-order chi connectivity index (χ0) is 25.3. The third-order valence-corrected chi connectivity index (χ3v) is 6.09. The molecule has 200 valence electrons. The highest BCUT2D eigenvalue weighted by atomic mass is 16.8. The van der Waals surface area contributed by atoms with Gasteiger partial charge in [-0.1, -0.05) is 0 Å². The second-order valence-corrected chi connectivity index (χ2v) is 8.33. The molecule has 3 aliphatic rings. The van der Waals surface area contributed by atoms with Gasteiger partial charge < -0.3 is 79.9 Å². The van der Waals surface area contributed by atoms with Crippen molar-refractivity contribution in [2.75, 3.05) is 19.8 Å². The van der Waals surface area contributed by atoms with Crippen LogP contribution in [0.4, 0.5) is 0 Å². The molecule has 0 spiro atoms. The van der Waals surface area contributed by atoms with Gasteiger partial charge in [0.15, 0.2) is 18.9 Å². The Kier molecular flexibility index (Phi) is 9.54. The van der Waals surface area contributed by atoms with Crippen LogP contribution in [-0.4, -0.2) is 168 Å². The lowest BCUT2D eigenvalue weighted by atomic mass is 9.96. The molecule has 0 aromatic carbocycles. The van der Waals surface area contributed by atoms with E-state index in [1.807, 2.05) is 0 Å². The maximum Gasteiger partial charge on any atom is 0.187 e. The van der Waals surface area contributed by atoms with E-state index in [1.54, 1.807) is 0 Å². The van der Waals surface area contributed by atoms with E-state index in [1.165, 1.54) is 0 Å². The van der Waals surface area contributed by atoms with Gasteiger partial charge in [-0.25, -0.2) is 0 Å². The average molecular weight is 504 g/mol. The standard InChI is InChI=1S/C18H32O16/c19-1-4-7(22)8(23)12(27)17(31-4)34-15-6(3-21)32-18(13(28)10(15)25)33-14-5(2-20)30-16(29)11(26)9(14)24/h4-29H,1-3H2/t4-,5-,6-,7-,8+,9-,10-,11-,12-,13-,14-,15-,16-,17-,18-/m1/s1. The third-order valence-electron chi connectivity index (χ3n) is 6.09. The first-order valence-electron chi connectivity index (χ1n) is 10.6. The lowest BCUT2D eigenvalue weighted by Crippen LogP contribution is -2.66. The predicted octanol–water partition coefficient (Wildman–Crippen LogP) is -7.57. The molecular weight excluding hydrogens is 472 g/mol. The molecule has 0 aliphatic carbocycles. The van der Waals surface area contributed by atoms with Gasteiger partial charge in [-0.2, -0.15) is 0 Å². The quantitative estimate of drug-likeness (QED) is 0.154. The van der Waals surface area contributed by atoms with Crippen molar-refractivity contribution in [1.82, 2.24) is 0 Å². The molecule has 0 amide bonds. The van der Waals surface area contributed by atoms with Gasteiger partial charge in [0.2, 0.25) is 0 Å². The first-order chi connectivity index (χ1) is 16.0. The zero-order valence-corrected chi connectivity index (χ0v) is 17.7. The van der Waals surface area contributed by atoms with Crippen LogP contribution in [0.2, 0.25) is 0 Å². The molecule has 3 heterocycles. The minimum Gasteiger partial charge on any atom is -0.394 e. The summed E-state index contributed by atoms with van der Waals surface area (Å²) in [5, 5.41) is 109. The predicted molar refractivity (Wildman–Crippen MR) is 101 cm³/mol. The molecule has 16 heteroatoms. The fraction of sp³-hybridized carbons (Fsp3) is 1.00. The molecule has 3 rings (SSSR count). The summed E-state index contributed by atoms with van der Waals surface area (Å²) in [6.07, 6.45) is -25.1. The Hall–Kier alpha value is -0.640. The lowest BCUT2D eigenvalue weighted by Gasteiger charge is -2.47. The van der Waals surface area contributed by atoms with Crippen LogP contribution >= 0.6 is 0 Å². The van der Waals surface area contributed by atoms with E-state index < -0.39 is 112 Å². The SMILES string of the molecule is OC[C@H]1O[C@H](O[C@H]2[C@H](O)[C@@H](O)[C@@H](O[C@H]3[C@H](O)[C@@H](O)[C@H](O)O[C@@H]3CO)O[C@@H]2CO)[C@H](O)[C@@H](O)[C@@H]1O. The van der Waals surface area contributed by atoms with Crippen molar-refractivity contribution in [3.63, 3.8) is 0 Å². The normalized spacial score (nSPS) is 52.5. The van der Waals surface area contributed by atoms with Crippen LogP contribution in [0.1, 0.15) is 0 Å². The van der Waals surface area contributed by atoms with Gasteiger partial charge in [-0.15, -0.1) is 0 Å². The minimum absolute atomic E-state index is 0.741. The number of aliphatic hydroxyl groups is 11. The van der Waals surface area contributed by atoms with E-state index in [9.17, 15) is 56.2 Å². The summed E-state index contributed by atoms with van der Waals surface area (Å²) in [6.45, 7) is -2.32. The fourth-order valence-electron chi connectivity index (χ4n) is 4.06. The molecule has 0 radical (unpaired) electrons. The molecule has 16 nitrogen and oxygen atoms in total. The maximum absolute atomic E-state index is 10.6. The van der Waals surface area contributed by atoms with Crippen molar-refractivity contribution in [3.8, 4) is 0 Å². The van der Waals surface area contributed by atoms with Gasteiger partial charge in [0.25, 0.3) is 0 Å². The van der Waals surface area contributed by atoms with E-state index in [4.69, 9.17) is 23.7 Å². The Balaban J connectivity index is 1.72. The lowest BCUT2D eigenvalue weighted by molar-refractivity contribution is -0.377. The highest BCUT2D eigenvalue weighted by Crippen LogP contribution is 2.32. The molecule has 34 heavy (non-hydrogen) atoms. The first kappa shape index (κ1) is 27.9. The van der Waals surface area contributed by atoms with Gasteiger partial charge in [-0.05, 0) is 0 Å². The Labute approximate surface area is 192 Å². The molecule has 0 bridgehead atoms. The van der Waals surface area contributed by atoms with Gasteiger partial charge in [-0.3, -0.25) is 0 Å². The molecule has 0 unspecified atom stereocenters. The number of aliphatic hydroxyl groups excluding tert-OH is 11. The Morgan fingerprint density at radius 2 is 0.853 bits per heavy atom. The van der Waals surface area contributed by atoms with Gasteiger partial charge in [0, 0.05) is 0 Å². The summed E-state index contributed by atoms with van der Waals surface area (Å²) in [5.74, 6) is 0. The number of ether oxygens (including phenoxy) is 5. The molecule has 15 atom stereocenters. The largest absolute Gasteiger partial charge is 0.394 e. The van der Waals surface area contributed by atoms with Crippen LogP contribution < -0.4 is 0 Å². The molecule has 3 fully saturated rings. The summed E-state index contributed by atoms with van der Waals surface area (Å²) < 4.78 is 26.4. The van der Waals surface area contributed by atoms with Crippen molar-refractivity contribution < 1.29 is 79.9 Å². The Bertz CT molecular complexity index is 635. The maximum atomic E-state index is 10.6. The van der Waals surface area contributed by atoms with Crippen LogP contribution in [0.3, 0.4) is 0 Å². The number of hydrogen-bond acceptors (Lipinski definition) is 16. The van der Waals surface area contributed by atoms with E-state index in [2.05, 4.69) is 0 Å². The van der Waals surface area contributed by atoms with Gasteiger partial charge in [0.1, 0.15) is 73.2 Å². The topological polar surface area (TPSA) is 269 Å². The number of rotatable bonds is 7. The van der Waals surface area contributed by atoms with Crippen LogP contribution in [0.25, 0.3) is 0 Å². The first-order valence-corrected chi connectivity index (χ1v) is 10.6. The monoisotopic (exact) mass is 504 g/mol. The van der Waals surface area contributed by atoms with E-state index >= 15 is 0 Å². The van der Waals surface area contributed by atoms with Crippen LogP contribution in [0.5, 0.6) is 0 Å². The smallest absolute Gasteiger partial charge is 0.187 e. The second kappa shape index (κ2) is 11.6. The van der Waals surface area contributed by atoms with Crippen molar-refractivity contribution in [2.45, 2.75) is 92.1 Å². The van der Waals surface area contributed by atoms with E-state index in [0.717, 1.165) is 0 Å².